The predicted octanol–water partition coefficient (Wildman–Crippen LogP) is 1.93. The van der Waals surface area contributed by atoms with Crippen LogP contribution < -0.4 is 0 Å². The Morgan fingerprint density at radius 1 is 1.21 bits per heavy atom. The highest BCUT2D eigenvalue weighted by Gasteiger charge is 2.32. The van der Waals surface area contributed by atoms with E-state index in [0.717, 1.165) is 32.2 Å². The molecule has 0 radical (unpaired) electrons. The van der Waals surface area contributed by atoms with E-state index < -0.39 is 6.17 Å². The summed E-state index contributed by atoms with van der Waals surface area (Å²) in [6, 6.07) is 0.0400. The van der Waals surface area contributed by atoms with Crippen molar-refractivity contribution in [3.05, 3.63) is 0 Å². The number of halogens is 1. The second-order valence-corrected chi connectivity index (χ2v) is 4.46. The van der Waals surface area contributed by atoms with E-state index in [0.29, 0.717) is 25.2 Å². The van der Waals surface area contributed by atoms with Crippen molar-refractivity contribution >= 4 is 5.78 Å². The molecule has 1 aliphatic carbocycles. The van der Waals surface area contributed by atoms with Crippen molar-refractivity contribution in [2.75, 3.05) is 13.1 Å². The molecule has 2 rings (SSSR count). The van der Waals surface area contributed by atoms with Gasteiger partial charge in [-0.2, -0.15) is 0 Å². The smallest absolute Gasteiger partial charge is 0.149 e. The molecule has 1 heterocycles. The summed E-state index contributed by atoms with van der Waals surface area (Å²) >= 11 is 0. The van der Waals surface area contributed by atoms with Gasteiger partial charge in [0.2, 0.25) is 0 Å². The van der Waals surface area contributed by atoms with Crippen molar-refractivity contribution in [1.82, 2.24) is 4.90 Å². The number of likely N-dealkylation sites (tertiary alicyclic amines) is 1. The first-order valence-corrected chi connectivity index (χ1v) is 5.68. The number of hydrogen-bond acceptors (Lipinski definition) is 2. The molecule has 0 bridgehead atoms. The van der Waals surface area contributed by atoms with Crippen LogP contribution in [0.25, 0.3) is 0 Å². The summed E-state index contributed by atoms with van der Waals surface area (Å²) in [5, 5.41) is 0. The number of carbonyl (C=O) groups excluding carboxylic acids is 1. The van der Waals surface area contributed by atoms with Gasteiger partial charge in [0, 0.05) is 19.5 Å². The maximum Gasteiger partial charge on any atom is 0.149 e. The van der Waals surface area contributed by atoms with Crippen LogP contribution in [0.1, 0.15) is 38.5 Å². The van der Waals surface area contributed by atoms with Gasteiger partial charge in [-0.15, -0.1) is 0 Å². The van der Waals surface area contributed by atoms with E-state index in [1.165, 1.54) is 0 Å². The molecule has 0 N–H and O–H groups in total. The average Bonchev–Trinajstić information content (AvgIpc) is 2.46. The number of Topliss-reactive ketones (excluding diaryl/α,β-unsaturated/α-hetero) is 1. The Hall–Kier alpha value is -0.440. The van der Waals surface area contributed by atoms with Crippen LogP contribution in [0.3, 0.4) is 0 Å². The quantitative estimate of drug-likeness (QED) is 0.601. The van der Waals surface area contributed by atoms with Crippen molar-refractivity contribution in [3.63, 3.8) is 0 Å². The first-order chi connectivity index (χ1) is 6.77. The Bertz CT molecular complexity index is 219. The van der Waals surface area contributed by atoms with Gasteiger partial charge in [0.25, 0.3) is 0 Å². The number of ketones is 1. The molecular weight excluding hydrogens is 181 g/mol. The fourth-order valence-corrected chi connectivity index (χ4v) is 2.55. The summed E-state index contributed by atoms with van der Waals surface area (Å²) in [7, 11) is 0. The molecule has 0 aromatic carbocycles. The third-order valence-corrected chi connectivity index (χ3v) is 3.38. The lowest BCUT2D eigenvalue weighted by Gasteiger charge is -2.24. The van der Waals surface area contributed by atoms with Crippen molar-refractivity contribution < 1.29 is 9.18 Å². The summed E-state index contributed by atoms with van der Waals surface area (Å²) in [4.78, 5) is 13.8. The van der Waals surface area contributed by atoms with Gasteiger partial charge in [-0.25, -0.2) is 4.39 Å². The van der Waals surface area contributed by atoms with Gasteiger partial charge < -0.3 is 0 Å². The lowest BCUT2D eigenvalue weighted by atomic mass is 10.1. The normalized spacial score (nSPS) is 35.9. The Morgan fingerprint density at radius 2 is 2.07 bits per heavy atom. The molecule has 2 aliphatic rings. The zero-order chi connectivity index (χ0) is 9.97. The lowest BCUT2D eigenvalue weighted by molar-refractivity contribution is -0.123. The van der Waals surface area contributed by atoms with E-state index in [1.54, 1.807) is 0 Å². The SMILES string of the molecule is O=C1CCCCCC1N1CCC(F)C1. The van der Waals surface area contributed by atoms with E-state index in [-0.39, 0.29) is 6.04 Å². The maximum atomic E-state index is 13.0. The van der Waals surface area contributed by atoms with Crippen LogP contribution >= 0.6 is 0 Å². The molecule has 1 saturated heterocycles. The molecule has 2 unspecified atom stereocenters. The van der Waals surface area contributed by atoms with Gasteiger partial charge in [0.15, 0.2) is 0 Å². The molecule has 2 nitrogen and oxygen atoms in total. The highest BCUT2D eigenvalue weighted by atomic mass is 19.1. The molecule has 0 amide bonds. The molecule has 0 aromatic rings. The molecule has 1 aliphatic heterocycles. The second-order valence-electron chi connectivity index (χ2n) is 4.46. The summed E-state index contributed by atoms with van der Waals surface area (Å²) in [5.74, 6) is 0.344. The molecule has 3 heteroatoms. The summed E-state index contributed by atoms with van der Waals surface area (Å²) in [5.41, 5.74) is 0. The predicted molar refractivity (Wildman–Crippen MR) is 53.0 cm³/mol. The number of carbonyl (C=O) groups is 1. The zero-order valence-corrected chi connectivity index (χ0v) is 8.54. The first kappa shape index (κ1) is 10.1. The standard InChI is InChI=1S/C11H18FNO/c12-9-6-7-13(8-9)10-4-2-1-3-5-11(10)14/h9-10H,1-8H2. The van der Waals surface area contributed by atoms with Crippen LogP contribution in [-0.4, -0.2) is 36.0 Å². The number of hydrogen-bond donors (Lipinski definition) is 0. The van der Waals surface area contributed by atoms with Gasteiger partial charge in [0.05, 0.1) is 6.04 Å². The van der Waals surface area contributed by atoms with Crippen LogP contribution in [0, 0.1) is 0 Å². The Kier molecular flexibility index (Phi) is 3.16. The molecule has 0 spiro atoms. The van der Waals surface area contributed by atoms with E-state index in [1.807, 2.05) is 0 Å². The molecule has 14 heavy (non-hydrogen) atoms. The van der Waals surface area contributed by atoms with E-state index in [4.69, 9.17) is 0 Å². The van der Waals surface area contributed by atoms with Crippen LogP contribution in [0.4, 0.5) is 4.39 Å². The highest BCUT2D eigenvalue weighted by molar-refractivity contribution is 5.84. The molecule has 2 atom stereocenters. The maximum absolute atomic E-state index is 13.0. The Balaban J connectivity index is 1.97. The monoisotopic (exact) mass is 199 g/mol. The minimum Gasteiger partial charge on any atom is -0.298 e. The van der Waals surface area contributed by atoms with Crippen molar-refractivity contribution in [3.8, 4) is 0 Å². The van der Waals surface area contributed by atoms with Crippen LogP contribution in [0.2, 0.25) is 0 Å². The van der Waals surface area contributed by atoms with Gasteiger partial charge in [-0.05, 0) is 19.3 Å². The number of alkyl halides is 1. The van der Waals surface area contributed by atoms with Crippen molar-refractivity contribution in [2.24, 2.45) is 0 Å². The minimum absolute atomic E-state index is 0.0400. The van der Waals surface area contributed by atoms with Gasteiger partial charge >= 0.3 is 0 Å². The van der Waals surface area contributed by atoms with E-state index >= 15 is 0 Å². The molecule has 1 saturated carbocycles. The van der Waals surface area contributed by atoms with Gasteiger partial charge in [-0.1, -0.05) is 12.8 Å². The van der Waals surface area contributed by atoms with Crippen LogP contribution in [0.15, 0.2) is 0 Å². The first-order valence-electron chi connectivity index (χ1n) is 5.68. The molecular formula is C11H18FNO. The Labute approximate surface area is 84.5 Å². The second kappa shape index (κ2) is 4.39. The summed E-state index contributed by atoms with van der Waals surface area (Å²) in [6.07, 6.45) is 4.89. The van der Waals surface area contributed by atoms with E-state index in [9.17, 15) is 9.18 Å². The zero-order valence-electron chi connectivity index (χ0n) is 8.54. The van der Waals surface area contributed by atoms with Crippen molar-refractivity contribution in [2.45, 2.75) is 50.7 Å². The summed E-state index contributed by atoms with van der Waals surface area (Å²) in [6.45, 7) is 1.26. The third-order valence-electron chi connectivity index (χ3n) is 3.38. The highest BCUT2D eigenvalue weighted by Crippen LogP contribution is 2.23. The summed E-state index contributed by atoms with van der Waals surface area (Å²) < 4.78 is 13.0. The van der Waals surface area contributed by atoms with Crippen LogP contribution in [0.5, 0.6) is 0 Å². The number of nitrogens with zero attached hydrogens (tertiary/aromatic N) is 1. The van der Waals surface area contributed by atoms with Gasteiger partial charge in [-0.3, -0.25) is 9.69 Å². The Morgan fingerprint density at radius 3 is 2.79 bits per heavy atom. The third kappa shape index (κ3) is 2.14. The lowest BCUT2D eigenvalue weighted by Crippen LogP contribution is -2.39. The van der Waals surface area contributed by atoms with Gasteiger partial charge in [0.1, 0.15) is 12.0 Å². The number of rotatable bonds is 1. The minimum atomic E-state index is -0.703. The molecule has 0 aromatic heterocycles. The fourth-order valence-electron chi connectivity index (χ4n) is 2.55. The fraction of sp³-hybridized carbons (Fsp3) is 0.909. The average molecular weight is 199 g/mol. The van der Waals surface area contributed by atoms with Crippen molar-refractivity contribution in [1.29, 1.82) is 0 Å². The molecule has 2 fully saturated rings. The van der Waals surface area contributed by atoms with Crippen LogP contribution in [-0.2, 0) is 4.79 Å². The largest absolute Gasteiger partial charge is 0.298 e. The topological polar surface area (TPSA) is 20.3 Å². The molecule has 80 valence electrons. The van der Waals surface area contributed by atoms with E-state index in [2.05, 4.69) is 4.90 Å².